The Labute approximate surface area is 146 Å². The van der Waals surface area contributed by atoms with Gasteiger partial charge in [0.05, 0.1) is 5.56 Å². The van der Waals surface area contributed by atoms with Crippen LogP contribution in [0.15, 0.2) is 60.7 Å². The molecule has 3 aromatic rings. The summed E-state index contributed by atoms with van der Waals surface area (Å²) in [5, 5.41) is 11.9. The van der Waals surface area contributed by atoms with Gasteiger partial charge in [-0.2, -0.15) is 18.4 Å². The summed E-state index contributed by atoms with van der Waals surface area (Å²) < 4.78 is 43.5. The molecule has 4 nitrogen and oxygen atoms in total. The minimum absolute atomic E-state index is 0.261. The van der Waals surface area contributed by atoms with Gasteiger partial charge in [0.25, 0.3) is 5.91 Å². The van der Waals surface area contributed by atoms with Crippen LogP contribution < -0.4 is 10.1 Å². The lowest BCUT2D eigenvalue weighted by molar-refractivity contribution is -0.137. The van der Waals surface area contributed by atoms with E-state index in [9.17, 15) is 18.0 Å². The van der Waals surface area contributed by atoms with E-state index in [1.54, 1.807) is 36.5 Å². The van der Waals surface area contributed by atoms with E-state index in [-0.39, 0.29) is 5.75 Å². The normalized spacial score (nSPS) is 11.0. The maximum absolute atomic E-state index is 12.6. The molecule has 26 heavy (non-hydrogen) atoms. The number of fused-ring (bicyclic) bond motifs is 1. The number of ether oxygens (including phenoxy) is 1. The van der Waals surface area contributed by atoms with Gasteiger partial charge >= 0.3 is 6.18 Å². The van der Waals surface area contributed by atoms with Gasteiger partial charge in [-0.05, 0) is 53.9 Å². The molecule has 0 radical (unpaired) electrons. The highest BCUT2D eigenvalue weighted by atomic mass is 19.4. The number of halogens is 3. The van der Waals surface area contributed by atoms with Crippen molar-refractivity contribution >= 4 is 16.7 Å². The smallest absolute Gasteiger partial charge is 0.416 e. The second-order valence-electron chi connectivity index (χ2n) is 5.38. The van der Waals surface area contributed by atoms with Gasteiger partial charge in [0, 0.05) is 10.9 Å². The molecule has 0 spiro atoms. The molecule has 0 saturated carbocycles. The number of alkyl halides is 3. The molecule has 0 saturated heterocycles. The average Bonchev–Trinajstić information content (AvgIpc) is 2.61. The Kier molecular flexibility index (Phi) is 4.50. The lowest BCUT2D eigenvalue weighted by Crippen LogP contribution is -2.16. The predicted molar refractivity (Wildman–Crippen MR) is 88.5 cm³/mol. The second-order valence-corrected chi connectivity index (χ2v) is 5.38. The molecule has 0 aromatic heterocycles. The van der Waals surface area contributed by atoms with Crippen LogP contribution in [-0.2, 0) is 6.18 Å². The van der Waals surface area contributed by atoms with Crippen molar-refractivity contribution in [2.45, 2.75) is 6.18 Å². The van der Waals surface area contributed by atoms with E-state index in [1.807, 2.05) is 5.32 Å². The third-order valence-electron chi connectivity index (χ3n) is 3.68. The number of hydrogen-bond donors (Lipinski definition) is 1. The summed E-state index contributed by atoms with van der Waals surface area (Å²) >= 11 is 0. The zero-order chi connectivity index (χ0) is 18.7. The zero-order valence-corrected chi connectivity index (χ0v) is 13.2. The van der Waals surface area contributed by atoms with Gasteiger partial charge in [-0.1, -0.05) is 12.1 Å². The number of carbonyl (C=O) groups is 1. The minimum atomic E-state index is -4.40. The summed E-state index contributed by atoms with van der Waals surface area (Å²) in [7, 11) is 0. The average molecular weight is 356 g/mol. The van der Waals surface area contributed by atoms with Crippen molar-refractivity contribution in [3.05, 3.63) is 71.8 Å². The molecule has 7 heteroatoms. The number of nitriles is 1. The van der Waals surface area contributed by atoms with Crippen molar-refractivity contribution in [3.63, 3.8) is 0 Å². The topological polar surface area (TPSA) is 62.1 Å². The van der Waals surface area contributed by atoms with Crippen LogP contribution in [-0.4, -0.2) is 5.91 Å². The third-order valence-corrected chi connectivity index (χ3v) is 3.68. The molecule has 0 unspecified atom stereocenters. The fraction of sp³-hybridized carbons (Fsp3) is 0.0526. The van der Waals surface area contributed by atoms with Gasteiger partial charge in [-0.3, -0.25) is 10.1 Å². The first-order valence-corrected chi connectivity index (χ1v) is 7.46. The standard InChI is InChI=1S/C19H11F3N2O2/c20-19(21,22)14-5-7-15(8-6-14)26-17-3-1-2-12-10-13(4-9-16(12)17)18(25)24-11-23/h1-10H,(H,24,25). The van der Waals surface area contributed by atoms with Crippen LogP contribution in [0, 0.1) is 11.5 Å². The Morgan fingerprint density at radius 1 is 1.04 bits per heavy atom. The quantitative estimate of drug-likeness (QED) is 0.538. The summed E-state index contributed by atoms with van der Waals surface area (Å²) in [6.45, 7) is 0. The highest BCUT2D eigenvalue weighted by Crippen LogP contribution is 2.33. The summed E-state index contributed by atoms with van der Waals surface area (Å²) in [6, 6.07) is 14.3. The highest BCUT2D eigenvalue weighted by molar-refractivity contribution is 6.00. The molecule has 0 bridgehead atoms. The monoisotopic (exact) mass is 356 g/mol. The maximum atomic E-state index is 12.6. The molecule has 0 heterocycles. The number of nitrogens with one attached hydrogen (secondary N) is 1. The van der Waals surface area contributed by atoms with Crippen molar-refractivity contribution in [2.75, 3.05) is 0 Å². The molecular weight excluding hydrogens is 345 g/mol. The van der Waals surface area contributed by atoms with Crippen molar-refractivity contribution < 1.29 is 22.7 Å². The van der Waals surface area contributed by atoms with E-state index in [0.717, 1.165) is 12.1 Å². The Morgan fingerprint density at radius 3 is 2.42 bits per heavy atom. The van der Waals surface area contributed by atoms with Crippen LogP contribution in [0.2, 0.25) is 0 Å². The predicted octanol–water partition coefficient (Wildman–Crippen LogP) is 4.86. The Bertz CT molecular complexity index is 1010. The Morgan fingerprint density at radius 2 is 1.77 bits per heavy atom. The van der Waals surface area contributed by atoms with E-state index in [4.69, 9.17) is 10.00 Å². The SMILES string of the molecule is N#CNC(=O)c1ccc2c(Oc3ccc(C(F)(F)F)cc3)cccc2c1. The molecule has 130 valence electrons. The van der Waals surface area contributed by atoms with Crippen LogP contribution in [0.25, 0.3) is 10.8 Å². The largest absolute Gasteiger partial charge is 0.457 e. The fourth-order valence-corrected chi connectivity index (χ4v) is 2.45. The number of benzene rings is 3. The number of hydrogen-bond acceptors (Lipinski definition) is 3. The minimum Gasteiger partial charge on any atom is -0.457 e. The first-order valence-electron chi connectivity index (χ1n) is 7.46. The molecule has 1 amide bonds. The lowest BCUT2D eigenvalue weighted by atomic mass is 10.1. The zero-order valence-electron chi connectivity index (χ0n) is 13.2. The fourth-order valence-electron chi connectivity index (χ4n) is 2.45. The molecule has 0 aliphatic heterocycles. The van der Waals surface area contributed by atoms with Crippen molar-refractivity contribution in [2.24, 2.45) is 0 Å². The molecule has 1 N–H and O–H groups in total. The van der Waals surface area contributed by atoms with Crippen LogP contribution >= 0.6 is 0 Å². The van der Waals surface area contributed by atoms with Gasteiger partial charge in [-0.25, -0.2) is 0 Å². The maximum Gasteiger partial charge on any atom is 0.416 e. The molecule has 3 rings (SSSR count). The number of carbonyl (C=O) groups excluding carboxylic acids is 1. The van der Waals surface area contributed by atoms with E-state index in [0.29, 0.717) is 22.1 Å². The van der Waals surface area contributed by atoms with Crippen molar-refractivity contribution in [1.82, 2.24) is 5.32 Å². The molecule has 0 aliphatic rings. The third kappa shape index (κ3) is 3.59. The first-order chi connectivity index (χ1) is 12.4. The summed E-state index contributed by atoms with van der Waals surface area (Å²) in [6.07, 6.45) is -2.84. The summed E-state index contributed by atoms with van der Waals surface area (Å²) in [5.74, 6) is 0.176. The molecular formula is C19H11F3N2O2. The van der Waals surface area contributed by atoms with Crippen molar-refractivity contribution in [1.29, 1.82) is 5.26 Å². The Hall–Kier alpha value is -3.53. The Balaban J connectivity index is 1.91. The van der Waals surface area contributed by atoms with Crippen LogP contribution in [0.1, 0.15) is 15.9 Å². The summed E-state index contributed by atoms with van der Waals surface area (Å²) in [5.41, 5.74) is -0.443. The van der Waals surface area contributed by atoms with Crippen LogP contribution in [0.5, 0.6) is 11.5 Å². The van der Waals surface area contributed by atoms with Gasteiger partial charge in [0.2, 0.25) is 0 Å². The van der Waals surface area contributed by atoms with Gasteiger partial charge in [-0.15, -0.1) is 0 Å². The number of amides is 1. The highest BCUT2D eigenvalue weighted by Gasteiger charge is 2.30. The van der Waals surface area contributed by atoms with Crippen LogP contribution in [0.3, 0.4) is 0 Å². The molecule has 0 atom stereocenters. The molecule has 0 fully saturated rings. The van der Waals surface area contributed by atoms with Gasteiger partial charge in [0.1, 0.15) is 11.5 Å². The second kappa shape index (κ2) is 6.76. The molecule has 3 aromatic carbocycles. The number of rotatable bonds is 3. The van der Waals surface area contributed by atoms with E-state index < -0.39 is 17.6 Å². The lowest BCUT2D eigenvalue weighted by Gasteiger charge is -2.11. The van der Waals surface area contributed by atoms with E-state index in [1.165, 1.54) is 18.2 Å². The first kappa shape index (κ1) is 17.3. The van der Waals surface area contributed by atoms with Gasteiger partial charge in [0.15, 0.2) is 6.19 Å². The van der Waals surface area contributed by atoms with Crippen molar-refractivity contribution in [3.8, 4) is 17.7 Å². The van der Waals surface area contributed by atoms with Crippen LogP contribution in [0.4, 0.5) is 13.2 Å². The van der Waals surface area contributed by atoms with Gasteiger partial charge < -0.3 is 4.74 Å². The number of nitrogens with zero attached hydrogens (tertiary/aromatic N) is 1. The van der Waals surface area contributed by atoms with E-state index >= 15 is 0 Å². The van der Waals surface area contributed by atoms with E-state index in [2.05, 4.69) is 0 Å². The molecule has 0 aliphatic carbocycles. The summed E-state index contributed by atoms with van der Waals surface area (Å²) in [4.78, 5) is 11.7.